The monoisotopic (exact) mass is 389 g/mol. The first-order chi connectivity index (χ1) is 13.1. The van der Waals surface area contributed by atoms with Crippen LogP contribution in [0.15, 0.2) is 53.8 Å². The molecule has 7 nitrogen and oxygen atoms in total. The highest BCUT2D eigenvalue weighted by Crippen LogP contribution is 2.29. The van der Waals surface area contributed by atoms with E-state index < -0.39 is 10.0 Å². The van der Waals surface area contributed by atoms with Crippen LogP contribution in [0.4, 0.5) is 5.69 Å². The fourth-order valence-electron chi connectivity index (χ4n) is 3.14. The molecule has 1 aliphatic heterocycles. The summed E-state index contributed by atoms with van der Waals surface area (Å²) in [5.41, 5.74) is 1.89. The number of fused-ring (bicyclic) bond motifs is 1. The SMILES string of the molecule is CCNC(=NCCS(=O)(=O)N1CCc2ccccc21)NCCn1cccc1. The molecule has 3 rings (SSSR count). The molecular formula is C19H27N5O2S. The third-order valence-corrected chi connectivity index (χ3v) is 6.22. The molecule has 1 aliphatic rings. The summed E-state index contributed by atoms with van der Waals surface area (Å²) in [5, 5.41) is 6.40. The molecule has 0 saturated carbocycles. The molecule has 0 aliphatic carbocycles. The van der Waals surface area contributed by atoms with Crippen molar-refractivity contribution < 1.29 is 8.42 Å². The highest BCUT2D eigenvalue weighted by molar-refractivity contribution is 7.92. The van der Waals surface area contributed by atoms with Gasteiger partial charge in [-0.2, -0.15) is 0 Å². The van der Waals surface area contributed by atoms with Crippen molar-refractivity contribution in [2.24, 2.45) is 4.99 Å². The van der Waals surface area contributed by atoms with E-state index in [0.717, 1.165) is 30.8 Å². The zero-order valence-electron chi connectivity index (χ0n) is 15.6. The molecule has 27 heavy (non-hydrogen) atoms. The third-order valence-electron chi connectivity index (χ3n) is 4.47. The van der Waals surface area contributed by atoms with Crippen molar-refractivity contribution >= 4 is 21.7 Å². The average molecular weight is 390 g/mol. The van der Waals surface area contributed by atoms with Crippen LogP contribution in [-0.4, -0.2) is 50.9 Å². The van der Waals surface area contributed by atoms with Crippen LogP contribution in [0.1, 0.15) is 12.5 Å². The highest BCUT2D eigenvalue weighted by Gasteiger charge is 2.28. The van der Waals surface area contributed by atoms with Gasteiger partial charge in [0.05, 0.1) is 18.0 Å². The molecule has 1 aromatic carbocycles. The fraction of sp³-hybridized carbons (Fsp3) is 0.421. The molecule has 0 unspecified atom stereocenters. The number of benzene rings is 1. The summed E-state index contributed by atoms with van der Waals surface area (Å²) >= 11 is 0. The second kappa shape index (κ2) is 8.94. The number of anilines is 1. The summed E-state index contributed by atoms with van der Waals surface area (Å²) in [7, 11) is -3.37. The van der Waals surface area contributed by atoms with Gasteiger partial charge >= 0.3 is 0 Å². The van der Waals surface area contributed by atoms with Gasteiger partial charge < -0.3 is 15.2 Å². The number of nitrogens with one attached hydrogen (secondary N) is 2. The molecule has 2 heterocycles. The van der Waals surface area contributed by atoms with Crippen LogP contribution in [0, 0.1) is 0 Å². The number of hydrogen-bond acceptors (Lipinski definition) is 3. The number of rotatable bonds is 8. The van der Waals surface area contributed by atoms with E-state index in [4.69, 9.17) is 0 Å². The molecule has 0 amide bonds. The first-order valence-electron chi connectivity index (χ1n) is 9.31. The maximum absolute atomic E-state index is 12.7. The van der Waals surface area contributed by atoms with Gasteiger partial charge in [0, 0.05) is 38.6 Å². The Bertz CT molecular complexity index is 862. The van der Waals surface area contributed by atoms with E-state index in [2.05, 4.69) is 20.2 Å². The van der Waals surface area contributed by atoms with Crippen LogP contribution in [0.3, 0.4) is 0 Å². The molecule has 1 aromatic heterocycles. The topological polar surface area (TPSA) is 78.7 Å². The van der Waals surface area contributed by atoms with Crippen molar-refractivity contribution in [3.05, 3.63) is 54.4 Å². The number of hydrogen-bond donors (Lipinski definition) is 2. The van der Waals surface area contributed by atoms with Gasteiger partial charge in [-0.15, -0.1) is 0 Å². The Kier molecular flexibility index (Phi) is 6.39. The van der Waals surface area contributed by atoms with E-state index in [0.29, 0.717) is 19.0 Å². The zero-order chi connectivity index (χ0) is 19.1. The molecule has 2 aromatic rings. The van der Waals surface area contributed by atoms with Gasteiger partial charge in [-0.1, -0.05) is 18.2 Å². The van der Waals surface area contributed by atoms with Gasteiger partial charge in [-0.3, -0.25) is 9.30 Å². The molecule has 0 saturated heterocycles. The number of nitrogens with zero attached hydrogens (tertiary/aromatic N) is 3. The van der Waals surface area contributed by atoms with E-state index >= 15 is 0 Å². The van der Waals surface area contributed by atoms with Crippen molar-refractivity contribution in [1.29, 1.82) is 0 Å². The summed E-state index contributed by atoms with van der Waals surface area (Å²) in [6, 6.07) is 11.7. The summed E-state index contributed by atoms with van der Waals surface area (Å²) < 4.78 is 29.0. The van der Waals surface area contributed by atoms with Gasteiger partial charge in [0.1, 0.15) is 0 Å². The Morgan fingerprint density at radius 1 is 1.15 bits per heavy atom. The molecule has 0 radical (unpaired) electrons. The fourth-order valence-corrected chi connectivity index (χ4v) is 4.53. The molecule has 146 valence electrons. The standard InChI is InChI=1S/C19H27N5O2S/c1-2-20-19(21-10-15-23-12-5-6-13-23)22-11-16-27(25,26)24-14-9-17-7-3-4-8-18(17)24/h3-8,12-13H,2,9-11,14-16H2,1H3,(H2,20,21,22). The van der Waals surface area contributed by atoms with Crippen LogP contribution < -0.4 is 14.9 Å². The van der Waals surface area contributed by atoms with Crippen LogP contribution in [0.25, 0.3) is 0 Å². The van der Waals surface area contributed by atoms with E-state index in [1.165, 1.54) is 4.31 Å². The normalized spacial score (nSPS) is 14.3. The van der Waals surface area contributed by atoms with Crippen molar-refractivity contribution in [3.63, 3.8) is 0 Å². The van der Waals surface area contributed by atoms with Crippen molar-refractivity contribution in [3.8, 4) is 0 Å². The number of sulfonamides is 1. The maximum Gasteiger partial charge on any atom is 0.237 e. The molecule has 0 atom stereocenters. The number of para-hydroxylation sites is 1. The van der Waals surface area contributed by atoms with E-state index in [1.807, 2.05) is 55.7 Å². The molecule has 8 heteroatoms. The minimum atomic E-state index is -3.37. The molecule has 0 bridgehead atoms. The van der Waals surface area contributed by atoms with Crippen molar-refractivity contribution in [1.82, 2.24) is 15.2 Å². The number of aromatic nitrogens is 1. The Morgan fingerprint density at radius 3 is 2.70 bits per heavy atom. The van der Waals surface area contributed by atoms with Crippen LogP contribution >= 0.6 is 0 Å². The second-order valence-corrected chi connectivity index (χ2v) is 8.39. The summed E-state index contributed by atoms with van der Waals surface area (Å²) in [6.45, 7) is 4.98. The van der Waals surface area contributed by atoms with Gasteiger partial charge in [-0.05, 0) is 37.1 Å². The summed E-state index contributed by atoms with van der Waals surface area (Å²) in [6.07, 6.45) is 4.78. The first kappa shape index (κ1) is 19.3. The van der Waals surface area contributed by atoms with Crippen LogP contribution in [0.2, 0.25) is 0 Å². The lowest BCUT2D eigenvalue weighted by Gasteiger charge is -2.19. The van der Waals surface area contributed by atoms with E-state index in [1.54, 1.807) is 0 Å². The minimum absolute atomic E-state index is 0.00446. The first-order valence-corrected chi connectivity index (χ1v) is 10.9. The van der Waals surface area contributed by atoms with Gasteiger partial charge in [0.15, 0.2) is 5.96 Å². The zero-order valence-corrected chi connectivity index (χ0v) is 16.5. The van der Waals surface area contributed by atoms with E-state index in [9.17, 15) is 8.42 Å². The predicted octanol–water partition coefficient (Wildman–Crippen LogP) is 1.44. The Hall–Kier alpha value is -2.48. The molecule has 2 N–H and O–H groups in total. The van der Waals surface area contributed by atoms with Crippen molar-refractivity contribution in [2.75, 3.05) is 36.2 Å². The number of aliphatic imine (C=N–C) groups is 1. The maximum atomic E-state index is 12.7. The number of guanidine groups is 1. The average Bonchev–Trinajstić information content (AvgIpc) is 3.31. The molecule has 0 fully saturated rings. The lowest BCUT2D eigenvalue weighted by molar-refractivity contribution is 0.592. The Balaban J connectivity index is 1.54. The van der Waals surface area contributed by atoms with Gasteiger partial charge in [-0.25, -0.2) is 8.42 Å². The second-order valence-electron chi connectivity index (χ2n) is 6.38. The smallest absolute Gasteiger partial charge is 0.237 e. The van der Waals surface area contributed by atoms with Crippen LogP contribution in [0.5, 0.6) is 0 Å². The lowest BCUT2D eigenvalue weighted by Crippen LogP contribution is -2.39. The Labute approximate surface area is 161 Å². The largest absolute Gasteiger partial charge is 0.357 e. The predicted molar refractivity (Wildman–Crippen MR) is 110 cm³/mol. The highest BCUT2D eigenvalue weighted by atomic mass is 32.2. The van der Waals surface area contributed by atoms with E-state index in [-0.39, 0.29) is 12.3 Å². The minimum Gasteiger partial charge on any atom is -0.357 e. The summed E-state index contributed by atoms with van der Waals surface area (Å²) in [5.74, 6) is 0.636. The van der Waals surface area contributed by atoms with Crippen molar-refractivity contribution in [2.45, 2.75) is 19.9 Å². The third kappa shape index (κ3) is 5.03. The molecular weight excluding hydrogens is 362 g/mol. The van der Waals surface area contributed by atoms with Gasteiger partial charge in [0.2, 0.25) is 10.0 Å². The Morgan fingerprint density at radius 2 is 1.93 bits per heavy atom. The lowest BCUT2D eigenvalue weighted by atomic mass is 10.2. The van der Waals surface area contributed by atoms with Gasteiger partial charge in [0.25, 0.3) is 0 Å². The summed E-state index contributed by atoms with van der Waals surface area (Å²) in [4.78, 5) is 4.42. The quantitative estimate of drug-likeness (QED) is 0.529. The molecule has 0 spiro atoms. The van der Waals surface area contributed by atoms with Crippen LogP contribution in [-0.2, 0) is 23.0 Å².